The van der Waals surface area contributed by atoms with E-state index >= 15 is 0 Å². The number of epoxide rings is 1. The van der Waals surface area contributed by atoms with Gasteiger partial charge in [0.25, 0.3) is 0 Å². The molecule has 0 radical (unpaired) electrons. The lowest BCUT2D eigenvalue weighted by molar-refractivity contribution is -0.137. The molecule has 0 aromatic heterocycles. The third-order valence-corrected chi connectivity index (χ3v) is 3.73. The number of hydrogen-bond acceptors (Lipinski definition) is 3. The van der Waals surface area contributed by atoms with Crippen LogP contribution in [0.4, 0.5) is 0 Å². The molecular weight excluding hydrogens is 252 g/mol. The van der Waals surface area contributed by atoms with Gasteiger partial charge in [-0.2, -0.15) is 0 Å². The Morgan fingerprint density at radius 2 is 1.50 bits per heavy atom. The van der Waals surface area contributed by atoms with Crippen LogP contribution in [0.15, 0.2) is 12.7 Å². The maximum atomic E-state index is 10.8. The third kappa shape index (κ3) is 11.0. The zero-order valence-corrected chi connectivity index (χ0v) is 12.8. The molecule has 0 bridgehead atoms. The minimum atomic E-state index is -0.307. The summed E-state index contributed by atoms with van der Waals surface area (Å²) in [6, 6.07) is 0. The summed E-state index contributed by atoms with van der Waals surface area (Å²) in [6.07, 6.45) is 16.0. The quantitative estimate of drug-likeness (QED) is 0.205. The average Bonchev–Trinajstić information content (AvgIpc) is 3.27. The normalized spacial score (nSPS) is 16.9. The van der Waals surface area contributed by atoms with E-state index in [0.29, 0.717) is 12.7 Å². The van der Waals surface area contributed by atoms with E-state index in [1.54, 1.807) is 0 Å². The molecule has 1 aliphatic rings. The molecule has 0 aromatic carbocycles. The van der Waals surface area contributed by atoms with Gasteiger partial charge in [0.15, 0.2) is 0 Å². The van der Waals surface area contributed by atoms with Crippen LogP contribution in [0.5, 0.6) is 0 Å². The van der Waals surface area contributed by atoms with Crippen LogP contribution in [0.2, 0.25) is 0 Å². The van der Waals surface area contributed by atoms with Gasteiger partial charge in [0, 0.05) is 6.08 Å². The summed E-state index contributed by atoms with van der Waals surface area (Å²) in [6.45, 7) is 4.91. The summed E-state index contributed by atoms with van der Waals surface area (Å²) in [4.78, 5) is 10.8. The predicted molar refractivity (Wildman–Crippen MR) is 81.7 cm³/mol. The van der Waals surface area contributed by atoms with Crippen LogP contribution in [0, 0.1) is 0 Å². The Balaban J connectivity index is 1.65. The van der Waals surface area contributed by atoms with Crippen molar-refractivity contribution in [3.8, 4) is 0 Å². The van der Waals surface area contributed by atoms with Crippen molar-refractivity contribution in [3.05, 3.63) is 12.7 Å². The summed E-state index contributed by atoms with van der Waals surface area (Å²) < 4.78 is 10.1. The van der Waals surface area contributed by atoms with Gasteiger partial charge in [-0.15, -0.1) is 0 Å². The lowest BCUT2D eigenvalue weighted by Gasteiger charge is -2.03. The van der Waals surface area contributed by atoms with E-state index in [-0.39, 0.29) is 5.97 Å². The molecule has 0 aliphatic carbocycles. The molecule has 1 unspecified atom stereocenters. The molecule has 0 spiro atoms. The number of unbranched alkanes of at least 4 members (excludes halogenated alkanes) is 9. The Morgan fingerprint density at radius 1 is 1.00 bits per heavy atom. The van der Waals surface area contributed by atoms with Crippen LogP contribution in [-0.2, 0) is 14.3 Å². The lowest BCUT2D eigenvalue weighted by atomic mass is 10.1. The summed E-state index contributed by atoms with van der Waals surface area (Å²) in [5.74, 6) is -0.307. The number of rotatable bonds is 14. The molecule has 1 saturated heterocycles. The molecule has 1 aliphatic heterocycles. The van der Waals surface area contributed by atoms with Gasteiger partial charge in [-0.05, 0) is 12.8 Å². The summed E-state index contributed by atoms with van der Waals surface area (Å²) >= 11 is 0. The first-order valence-corrected chi connectivity index (χ1v) is 8.23. The number of esters is 1. The molecule has 1 heterocycles. The van der Waals surface area contributed by atoms with Crippen LogP contribution in [0.3, 0.4) is 0 Å². The van der Waals surface area contributed by atoms with E-state index in [2.05, 4.69) is 6.58 Å². The Bertz CT molecular complexity index is 259. The number of hydrogen-bond donors (Lipinski definition) is 0. The van der Waals surface area contributed by atoms with E-state index in [1.807, 2.05) is 0 Å². The Hall–Kier alpha value is -0.830. The number of carbonyl (C=O) groups is 1. The van der Waals surface area contributed by atoms with Crippen LogP contribution in [0.1, 0.15) is 70.6 Å². The average molecular weight is 282 g/mol. The lowest BCUT2D eigenvalue weighted by Crippen LogP contribution is -2.01. The van der Waals surface area contributed by atoms with E-state index in [9.17, 15) is 4.79 Å². The number of ether oxygens (including phenoxy) is 2. The van der Waals surface area contributed by atoms with Crippen LogP contribution < -0.4 is 0 Å². The van der Waals surface area contributed by atoms with Gasteiger partial charge in [-0.1, -0.05) is 64.4 Å². The molecule has 0 saturated carbocycles. The standard InChI is InChI=1S/C17H30O3/c1-2-17(18)19-14-12-10-8-6-4-3-5-7-9-11-13-16-15-20-16/h2,16H,1,3-15H2. The van der Waals surface area contributed by atoms with Crippen molar-refractivity contribution in [2.45, 2.75) is 76.7 Å². The summed E-state index contributed by atoms with van der Waals surface area (Å²) in [7, 11) is 0. The molecule has 3 nitrogen and oxygen atoms in total. The van der Waals surface area contributed by atoms with E-state index in [4.69, 9.17) is 9.47 Å². The summed E-state index contributed by atoms with van der Waals surface area (Å²) in [5.41, 5.74) is 0. The third-order valence-electron chi connectivity index (χ3n) is 3.73. The van der Waals surface area contributed by atoms with Gasteiger partial charge in [0.05, 0.1) is 19.3 Å². The zero-order chi connectivity index (χ0) is 14.5. The monoisotopic (exact) mass is 282 g/mol. The first-order valence-electron chi connectivity index (χ1n) is 8.23. The van der Waals surface area contributed by atoms with E-state index in [0.717, 1.165) is 19.4 Å². The fourth-order valence-corrected chi connectivity index (χ4v) is 2.35. The van der Waals surface area contributed by atoms with Gasteiger partial charge in [0.1, 0.15) is 0 Å². The highest BCUT2D eigenvalue weighted by molar-refractivity contribution is 5.81. The fraction of sp³-hybridized carbons (Fsp3) is 0.824. The Kier molecular flexibility index (Phi) is 10.3. The maximum Gasteiger partial charge on any atom is 0.330 e. The first kappa shape index (κ1) is 17.2. The van der Waals surface area contributed by atoms with Crippen molar-refractivity contribution in [2.24, 2.45) is 0 Å². The second-order valence-electron chi connectivity index (χ2n) is 5.65. The van der Waals surface area contributed by atoms with Gasteiger partial charge >= 0.3 is 5.97 Å². The largest absolute Gasteiger partial charge is 0.463 e. The molecule has 116 valence electrons. The molecule has 20 heavy (non-hydrogen) atoms. The summed E-state index contributed by atoms with van der Waals surface area (Å²) in [5, 5.41) is 0. The predicted octanol–water partition coefficient (Wildman–Crippen LogP) is 4.41. The van der Waals surface area contributed by atoms with Crippen molar-refractivity contribution < 1.29 is 14.3 Å². The fourth-order valence-electron chi connectivity index (χ4n) is 2.35. The molecule has 3 heteroatoms. The molecule has 1 atom stereocenters. The Morgan fingerprint density at radius 3 is 2.00 bits per heavy atom. The smallest absolute Gasteiger partial charge is 0.330 e. The van der Waals surface area contributed by atoms with Gasteiger partial charge in [0.2, 0.25) is 0 Å². The first-order chi connectivity index (χ1) is 9.83. The molecule has 1 rings (SSSR count). The van der Waals surface area contributed by atoms with Crippen molar-refractivity contribution >= 4 is 5.97 Å². The van der Waals surface area contributed by atoms with Gasteiger partial charge in [-0.3, -0.25) is 0 Å². The molecule has 0 N–H and O–H groups in total. The highest BCUT2D eigenvalue weighted by atomic mass is 16.6. The van der Waals surface area contributed by atoms with E-state index < -0.39 is 0 Å². The van der Waals surface area contributed by atoms with Crippen LogP contribution in [-0.4, -0.2) is 25.3 Å². The van der Waals surface area contributed by atoms with Gasteiger partial charge < -0.3 is 9.47 Å². The highest BCUT2D eigenvalue weighted by Crippen LogP contribution is 2.18. The van der Waals surface area contributed by atoms with Crippen molar-refractivity contribution in [1.82, 2.24) is 0 Å². The second kappa shape index (κ2) is 12.0. The maximum absolute atomic E-state index is 10.8. The number of carbonyl (C=O) groups excluding carboxylic acids is 1. The Labute approximate surface area is 123 Å². The SMILES string of the molecule is C=CC(=O)OCCCCCCCCCCCCC1CO1. The molecule has 1 fully saturated rings. The highest BCUT2D eigenvalue weighted by Gasteiger charge is 2.20. The van der Waals surface area contributed by atoms with E-state index in [1.165, 1.54) is 63.9 Å². The van der Waals surface area contributed by atoms with Gasteiger partial charge in [-0.25, -0.2) is 4.79 Å². The molecule has 0 amide bonds. The van der Waals surface area contributed by atoms with Crippen LogP contribution >= 0.6 is 0 Å². The minimum Gasteiger partial charge on any atom is -0.463 e. The van der Waals surface area contributed by atoms with Crippen molar-refractivity contribution in [1.29, 1.82) is 0 Å². The molecule has 0 aromatic rings. The second-order valence-corrected chi connectivity index (χ2v) is 5.65. The zero-order valence-electron chi connectivity index (χ0n) is 12.8. The topological polar surface area (TPSA) is 38.8 Å². The van der Waals surface area contributed by atoms with Crippen molar-refractivity contribution in [3.63, 3.8) is 0 Å². The van der Waals surface area contributed by atoms with Crippen LogP contribution in [0.25, 0.3) is 0 Å². The molecular formula is C17H30O3. The van der Waals surface area contributed by atoms with Crippen molar-refractivity contribution in [2.75, 3.05) is 13.2 Å². The minimum absolute atomic E-state index is 0.307.